The maximum absolute atomic E-state index is 12.4. The summed E-state index contributed by atoms with van der Waals surface area (Å²) in [5, 5.41) is 2.93. The zero-order chi connectivity index (χ0) is 16.4. The summed E-state index contributed by atoms with van der Waals surface area (Å²) in [5.41, 5.74) is 5.85. The molecule has 0 unspecified atom stereocenters. The van der Waals surface area contributed by atoms with E-state index in [0.717, 1.165) is 24.1 Å². The Labute approximate surface area is 151 Å². The molecule has 1 aromatic rings. The SMILES string of the molecule is CCOCCCN=C(N)NCCc1ccc(C(F)(F)F)cc1.I. The molecular formula is C15H23F3IN3O. The second-order valence-corrected chi connectivity index (χ2v) is 4.69. The molecule has 0 spiro atoms. The Morgan fingerprint density at radius 3 is 2.48 bits per heavy atom. The molecular weight excluding hydrogens is 422 g/mol. The Hall–Kier alpha value is -1.03. The molecule has 0 aromatic heterocycles. The highest BCUT2D eigenvalue weighted by Gasteiger charge is 2.29. The summed E-state index contributed by atoms with van der Waals surface area (Å²) < 4.78 is 42.4. The van der Waals surface area contributed by atoms with Crippen LogP contribution in [0.25, 0.3) is 0 Å². The van der Waals surface area contributed by atoms with E-state index >= 15 is 0 Å². The highest BCUT2D eigenvalue weighted by molar-refractivity contribution is 14.0. The van der Waals surface area contributed by atoms with Crippen LogP contribution in [-0.2, 0) is 17.3 Å². The lowest BCUT2D eigenvalue weighted by Gasteiger charge is -2.08. The second kappa shape index (κ2) is 11.5. The van der Waals surface area contributed by atoms with Crippen LogP contribution in [0.2, 0.25) is 0 Å². The van der Waals surface area contributed by atoms with Crippen molar-refractivity contribution in [3.63, 3.8) is 0 Å². The lowest BCUT2D eigenvalue weighted by molar-refractivity contribution is -0.137. The van der Waals surface area contributed by atoms with Crippen molar-refractivity contribution in [3.8, 4) is 0 Å². The maximum Gasteiger partial charge on any atom is 0.416 e. The molecule has 23 heavy (non-hydrogen) atoms. The van der Waals surface area contributed by atoms with Crippen molar-refractivity contribution in [1.82, 2.24) is 5.32 Å². The van der Waals surface area contributed by atoms with Gasteiger partial charge < -0.3 is 15.8 Å². The van der Waals surface area contributed by atoms with Gasteiger partial charge in [-0.15, -0.1) is 24.0 Å². The predicted octanol–water partition coefficient (Wildman–Crippen LogP) is 3.20. The molecule has 8 heteroatoms. The molecule has 1 aromatic carbocycles. The zero-order valence-electron chi connectivity index (χ0n) is 13.0. The molecule has 1 rings (SSSR count). The van der Waals surface area contributed by atoms with Crippen LogP contribution in [0.1, 0.15) is 24.5 Å². The first kappa shape index (κ1) is 22.0. The predicted molar refractivity (Wildman–Crippen MR) is 96.2 cm³/mol. The standard InChI is InChI=1S/C15H22F3N3O.HI/c1-2-22-11-3-9-20-14(19)21-10-8-12-4-6-13(7-5-12)15(16,17)18;/h4-7H,2-3,8-11H2,1H3,(H3,19,20,21);1H. The number of rotatable bonds is 8. The van der Waals surface area contributed by atoms with E-state index < -0.39 is 11.7 Å². The number of ether oxygens (including phenoxy) is 1. The molecule has 0 saturated carbocycles. The highest BCUT2D eigenvalue weighted by Crippen LogP contribution is 2.29. The van der Waals surface area contributed by atoms with Gasteiger partial charge in [-0.3, -0.25) is 4.99 Å². The number of halogens is 4. The number of hydrogen-bond donors (Lipinski definition) is 2. The largest absolute Gasteiger partial charge is 0.416 e. The van der Waals surface area contributed by atoms with Crippen LogP contribution in [-0.4, -0.2) is 32.3 Å². The van der Waals surface area contributed by atoms with Crippen molar-refractivity contribution >= 4 is 29.9 Å². The van der Waals surface area contributed by atoms with Gasteiger partial charge in [0.1, 0.15) is 0 Å². The molecule has 0 heterocycles. The number of hydrogen-bond acceptors (Lipinski definition) is 2. The molecule has 0 atom stereocenters. The minimum absolute atomic E-state index is 0. The third-order valence-corrected chi connectivity index (χ3v) is 2.93. The van der Waals surface area contributed by atoms with Crippen LogP contribution in [0, 0.1) is 0 Å². The number of guanidine groups is 1. The summed E-state index contributed by atoms with van der Waals surface area (Å²) in [7, 11) is 0. The van der Waals surface area contributed by atoms with Crippen molar-refractivity contribution in [2.24, 2.45) is 10.7 Å². The lowest BCUT2D eigenvalue weighted by atomic mass is 10.1. The number of aliphatic imine (C=N–C) groups is 1. The second-order valence-electron chi connectivity index (χ2n) is 4.69. The van der Waals surface area contributed by atoms with Gasteiger partial charge in [0, 0.05) is 26.3 Å². The van der Waals surface area contributed by atoms with Crippen LogP contribution in [0.4, 0.5) is 13.2 Å². The summed E-state index contributed by atoms with van der Waals surface area (Å²) in [4.78, 5) is 4.13. The van der Waals surface area contributed by atoms with Gasteiger partial charge >= 0.3 is 6.18 Å². The number of alkyl halides is 3. The summed E-state index contributed by atoms with van der Waals surface area (Å²) in [6.07, 6.45) is -2.92. The van der Waals surface area contributed by atoms with Gasteiger partial charge in [-0.05, 0) is 37.5 Å². The van der Waals surface area contributed by atoms with Gasteiger partial charge in [-0.2, -0.15) is 13.2 Å². The molecule has 0 bridgehead atoms. The molecule has 0 aliphatic rings. The maximum atomic E-state index is 12.4. The number of nitrogens with two attached hydrogens (primary N) is 1. The van der Waals surface area contributed by atoms with Crippen molar-refractivity contribution < 1.29 is 17.9 Å². The Morgan fingerprint density at radius 1 is 1.26 bits per heavy atom. The molecule has 0 fully saturated rings. The van der Waals surface area contributed by atoms with Gasteiger partial charge in [0.15, 0.2) is 5.96 Å². The van der Waals surface area contributed by atoms with Crippen LogP contribution >= 0.6 is 24.0 Å². The zero-order valence-corrected chi connectivity index (χ0v) is 15.4. The minimum Gasteiger partial charge on any atom is -0.382 e. The van der Waals surface area contributed by atoms with E-state index in [1.165, 1.54) is 12.1 Å². The average molecular weight is 445 g/mol. The van der Waals surface area contributed by atoms with Crippen molar-refractivity contribution in [2.45, 2.75) is 25.9 Å². The Bertz CT molecular complexity index is 464. The molecule has 0 aliphatic carbocycles. The lowest BCUT2D eigenvalue weighted by Crippen LogP contribution is -2.33. The fourth-order valence-electron chi connectivity index (χ4n) is 1.76. The number of nitrogens with one attached hydrogen (secondary N) is 1. The van der Waals surface area contributed by atoms with Crippen molar-refractivity contribution in [3.05, 3.63) is 35.4 Å². The van der Waals surface area contributed by atoms with Crippen LogP contribution in [0.3, 0.4) is 0 Å². The summed E-state index contributed by atoms with van der Waals surface area (Å²) in [6, 6.07) is 5.11. The molecule has 0 saturated heterocycles. The van der Waals surface area contributed by atoms with Crippen molar-refractivity contribution in [2.75, 3.05) is 26.3 Å². The van der Waals surface area contributed by atoms with E-state index in [4.69, 9.17) is 10.5 Å². The molecule has 0 radical (unpaired) electrons. The fourth-order valence-corrected chi connectivity index (χ4v) is 1.76. The number of nitrogens with zero attached hydrogens (tertiary/aromatic N) is 1. The Morgan fingerprint density at radius 2 is 1.91 bits per heavy atom. The molecule has 0 amide bonds. The Kier molecular flexibility index (Phi) is 11.0. The summed E-state index contributed by atoms with van der Waals surface area (Å²) in [5.74, 6) is 0.336. The summed E-state index contributed by atoms with van der Waals surface area (Å²) >= 11 is 0. The third-order valence-electron chi connectivity index (χ3n) is 2.93. The van der Waals surface area contributed by atoms with E-state index in [0.29, 0.717) is 38.7 Å². The van der Waals surface area contributed by atoms with E-state index in [-0.39, 0.29) is 24.0 Å². The first-order valence-electron chi connectivity index (χ1n) is 7.21. The first-order chi connectivity index (χ1) is 10.4. The van der Waals surface area contributed by atoms with E-state index in [1.54, 1.807) is 0 Å². The van der Waals surface area contributed by atoms with Gasteiger partial charge in [-0.1, -0.05) is 12.1 Å². The van der Waals surface area contributed by atoms with Crippen LogP contribution in [0.5, 0.6) is 0 Å². The molecule has 4 nitrogen and oxygen atoms in total. The quantitative estimate of drug-likeness (QED) is 0.280. The van der Waals surface area contributed by atoms with Crippen LogP contribution in [0.15, 0.2) is 29.3 Å². The monoisotopic (exact) mass is 445 g/mol. The van der Waals surface area contributed by atoms with Crippen LogP contribution < -0.4 is 11.1 Å². The molecule has 3 N–H and O–H groups in total. The minimum atomic E-state index is -4.30. The highest BCUT2D eigenvalue weighted by atomic mass is 127. The smallest absolute Gasteiger partial charge is 0.382 e. The van der Waals surface area contributed by atoms with E-state index in [9.17, 15) is 13.2 Å². The first-order valence-corrected chi connectivity index (χ1v) is 7.21. The fraction of sp³-hybridized carbons (Fsp3) is 0.533. The van der Waals surface area contributed by atoms with Crippen molar-refractivity contribution in [1.29, 1.82) is 0 Å². The molecule has 132 valence electrons. The summed E-state index contributed by atoms with van der Waals surface area (Å²) in [6.45, 7) is 4.37. The van der Waals surface area contributed by atoms with Gasteiger partial charge in [-0.25, -0.2) is 0 Å². The average Bonchev–Trinajstić information content (AvgIpc) is 2.46. The topological polar surface area (TPSA) is 59.6 Å². The normalized spacial score (nSPS) is 11.9. The van der Waals surface area contributed by atoms with Gasteiger partial charge in [0.25, 0.3) is 0 Å². The van der Waals surface area contributed by atoms with Gasteiger partial charge in [0.05, 0.1) is 5.56 Å². The number of benzene rings is 1. The Balaban J connectivity index is 0.00000484. The van der Waals surface area contributed by atoms with E-state index in [1.807, 2.05) is 6.92 Å². The van der Waals surface area contributed by atoms with Gasteiger partial charge in [0.2, 0.25) is 0 Å². The molecule has 0 aliphatic heterocycles. The third kappa shape index (κ3) is 9.65. The van der Waals surface area contributed by atoms with E-state index in [2.05, 4.69) is 10.3 Å².